The smallest absolute Gasteiger partial charge is 0.182 e. The standard InChI is InChI=1S/C13H18N4O/c14-8-11-12(16-7-6-15-11)17-9-13(10-18)4-2-1-3-5-13/h6-7,18H,1-5,9-10H2,(H,16,17). The molecule has 2 rings (SSSR count). The summed E-state index contributed by atoms with van der Waals surface area (Å²) in [6.45, 7) is 0.832. The van der Waals surface area contributed by atoms with E-state index in [1.807, 2.05) is 6.07 Å². The number of hydrogen-bond acceptors (Lipinski definition) is 5. The molecule has 0 radical (unpaired) electrons. The first-order chi connectivity index (χ1) is 8.79. The molecule has 1 aliphatic rings. The van der Waals surface area contributed by atoms with Gasteiger partial charge < -0.3 is 10.4 Å². The van der Waals surface area contributed by atoms with E-state index in [0.29, 0.717) is 18.1 Å². The third-order valence-corrected chi connectivity index (χ3v) is 3.68. The van der Waals surface area contributed by atoms with Gasteiger partial charge >= 0.3 is 0 Å². The Morgan fingerprint density at radius 2 is 2.00 bits per heavy atom. The van der Waals surface area contributed by atoms with E-state index >= 15 is 0 Å². The predicted octanol–water partition coefficient (Wildman–Crippen LogP) is 1.70. The number of hydrogen-bond donors (Lipinski definition) is 2. The highest BCUT2D eigenvalue weighted by Crippen LogP contribution is 2.35. The Kier molecular flexibility index (Phi) is 4.11. The Bertz CT molecular complexity index is 435. The molecule has 1 saturated carbocycles. The fraction of sp³-hybridized carbons (Fsp3) is 0.615. The van der Waals surface area contributed by atoms with Gasteiger partial charge in [-0.1, -0.05) is 19.3 Å². The van der Waals surface area contributed by atoms with E-state index in [1.54, 1.807) is 6.20 Å². The van der Waals surface area contributed by atoms with Gasteiger partial charge in [0.15, 0.2) is 11.5 Å². The number of nitrogens with zero attached hydrogens (tertiary/aromatic N) is 3. The normalized spacial score (nSPS) is 18.0. The molecular weight excluding hydrogens is 228 g/mol. The van der Waals surface area contributed by atoms with Crippen molar-refractivity contribution in [3.63, 3.8) is 0 Å². The minimum Gasteiger partial charge on any atom is -0.396 e. The molecule has 0 bridgehead atoms. The van der Waals surface area contributed by atoms with Crippen molar-refractivity contribution >= 4 is 5.82 Å². The largest absolute Gasteiger partial charge is 0.396 e. The third kappa shape index (κ3) is 2.77. The number of nitriles is 1. The van der Waals surface area contributed by atoms with Gasteiger partial charge in [0, 0.05) is 24.4 Å². The van der Waals surface area contributed by atoms with E-state index < -0.39 is 0 Å². The Hall–Kier alpha value is -1.67. The maximum atomic E-state index is 9.61. The van der Waals surface area contributed by atoms with Gasteiger partial charge in [-0.3, -0.25) is 0 Å². The summed E-state index contributed by atoms with van der Waals surface area (Å²) in [6, 6.07) is 2.02. The topological polar surface area (TPSA) is 81.8 Å². The van der Waals surface area contributed by atoms with Crippen LogP contribution in [0.2, 0.25) is 0 Å². The van der Waals surface area contributed by atoms with Crippen molar-refractivity contribution in [2.45, 2.75) is 32.1 Å². The molecule has 18 heavy (non-hydrogen) atoms. The highest BCUT2D eigenvalue weighted by molar-refractivity contribution is 5.46. The molecule has 5 heteroatoms. The molecule has 0 saturated heterocycles. The van der Waals surface area contributed by atoms with Crippen LogP contribution in [0.1, 0.15) is 37.8 Å². The van der Waals surface area contributed by atoms with Crippen molar-refractivity contribution in [2.24, 2.45) is 5.41 Å². The molecule has 1 aliphatic carbocycles. The fourth-order valence-electron chi connectivity index (χ4n) is 2.51. The van der Waals surface area contributed by atoms with Crippen LogP contribution in [0.5, 0.6) is 0 Å². The van der Waals surface area contributed by atoms with Crippen molar-refractivity contribution in [2.75, 3.05) is 18.5 Å². The van der Waals surface area contributed by atoms with Crippen molar-refractivity contribution in [3.8, 4) is 6.07 Å². The first kappa shape index (κ1) is 12.8. The van der Waals surface area contributed by atoms with Crippen molar-refractivity contribution in [1.29, 1.82) is 5.26 Å². The van der Waals surface area contributed by atoms with Gasteiger partial charge in [-0.15, -0.1) is 0 Å². The molecule has 0 aliphatic heterocycles. The van der Waals surface area contributed by atoms with Crippen LogP contribution in [-0.2, 0) is 0 Å². The van der Waals surface area contributed by atoms with Crippen LogP contribution >= 0.6 is 0 Å². The van der Waals surface area contributed by atoms with Crippen LogP contribution in [0.3, 0.4) is 0 Å². The van der Waals surface area contributed by atoms with Gasteiger partial charge in [0.1, 0.15) is 6.07 Å². The summed E-state index contributed by atoms with van der Waals surface area (Å²) in [5.74, 6) is 0.512. The molecule has 1 aromatic rings. The summed E-state index contributed by atoms with van der Waals surface area (Å²) in [5.41, 5.74) is 0.240. The summed E-state index contributed by atoms with van der Waals surface area (Å²) in [7, 11) is 0. The molecule has 0 spiro atoms. The van der Waals surface area contributed by atoms with Crippen LogP contribution in [0, 0.1) is 16.7 Å². The maximum Gasteiger partial charge on any atom is 0.182 e. The van der Waals surface area contributed by atoms with Crippen LogP contribution in [0.25, 0.3) is 0 Å². The molecule has 5 nitrogen and oxygen atoms in total. The van der Waals surface area contributed by atoms with Crippen molar-refractivity contribution in [3.05, 3.63) is 18.1 Å². The van der Waals surface area contributed by atoms with Crippen LogP contribution < -0.4 is 5.32 Å². The van der Waals surface area contributed by atoms with Gasteiger partial charge in [0.2, 0.25) is 0 Å². The average molecular weight is 246 g/mol. The van der Waals surface area contributed by atoms with Crippen molar-refractivity contribution in [1.82, 2.24) is 9.97 Å². The second-order valence-corrected chi connectivity index (χ2v) is 4.94. The molecule has 0 atom stereocenters. The molecule has 2 N–H and O–H groups in total. The maximum absolute atomic E-state index is 9.61. The number of aliphatic hydroxyl groups is 1. The van der Waals surface area contributed by atoms with E-state index in [9.17, 15) is 5.11 Å². The van der Waals surface area contributed by atoms with Gasteiger partial charge in [0.05, 0.1) is 6.61 Å². The molecular formula is C13H18N4O. The number of rotatable bonds is 4. The van der Waals surface area contributed by atoms with E-state index in [4.69, 9.17) is 5.26 Å². The highest BCUT2D eigenvalue weighted by Gasteiger charge is 2.31. The molecule has 1 heterocycles. The van der Waals surface area contributed by atoms with Crippen molar-refractivity contribution < 1.29 is 5.11 Å². The number of aliphatic hydroxyl groups excluding tert-OH is 1. The Morgan fingerprint density at radius 1 is 1.28 bits per heavy atom. The lowest BCUT2D eigenvalue weighted by Gasteiger charge is -2.35. The molecule has 0 amide bonds. The molecule has 1 aromatic heterocycles. The SMILES string of the molecule is N#Cc1nccnc1NCC1(CO)CCCCC1. The Balaban J connectivity index is 2.03. The predicted molar refractivity (Wildman–Crippen MR) is 67.8 cm³/mol. The lowest BCUT2D eigenvalue weighted by Crippen LogP contribution is -2.35. The van der Waals surface area contributed by atoms with Gasteiger partial charge in [-0.25, -0.2) is 9.97 Å². The zero-order valence-corrected chi connectivity index (χ0v) is 10.4. The van der Waals surface area contributed by atoms with Crippen LogP contribution in [0.4, 0.5) is 5.82 Å². The summed E-state index contributed by atoms with van der Waals surface area (Å²) in [6.07, 6.45) is 8.69. The van der Waals surface area contributed by atoms with E-state index in [2.05, 4.69) is 15.3 Å². The lowest BCUT2D eigenvalue weighted by molar-refractivity contribution is 0.0943. The summed E-state index contributed by atoms with van der Waals surface area (Å²) < 4.78 is 0. The number of aromatic nitrogens is 2. The van der Waals surface area contributed by atoms with E-state index in [0.717, 1.165) is 25.7 Å². The van der Waals surface area contributed by atoms with E-state index in [1.165, 1.54) is 12.6 Å². The van der Waals surface area contributed by atoms with Gasteiger partial charge in [-0.05, 0) is 12.8 Å². The quantitative estimate of drug-likeness (QED) is 0.845. The van der Waals surface area contributed by atoms with Gasteiger partial charge in [0.25, 0.3) is 0 Å². The Labute approximate surface area is 107 Å². The van der Waals surface area contributed by atoms with Gasteiger partial charge in [-0.2, -0.15) is 5.26 Å². The first-order valence-corrected chi connectivity index (χ1v) is 6.35. The van der Waals surface area contributed by atoms with E-state index in [-0.39, 0.29) is 12.0 Å². The first-order valence-electron chi connectivity index (χ1n) is 6.35. The molecule has 0 unspecified atom stereocenters. The number of nitrogens with one attached hydrogen (secondary N) is 1. The summed E-state index contributed by atoms with van der Waals surface area (Å²) >= 11 is 0. The lowest BCUT2D eigenvalue weighted by atomic mass is 9.74. The number of anilines is 1. The summed E-state index contributed by atoms with van der Waals surface area (Å²) in [5, 5.41) is 21.7. The molecule has 0 aromatic carbocycles. The minimum atomic E-state index is -0.0670. The zero-order valence-electron chi connectivity index (χ0n) is 10.4. The van der Waals surface area contributed by atoms with Crippen LogP contribution in [-0.4, -0.2) is 28.2 Å². The monoisotopic (exact) mass is 246 g/mol. The minimum absolute atomic E-state index is 0.0670. The average Bonchev–Trinajstić information content (AvgIpc) is 2.46. The molecule has 1 fully saturated rings. The summed E-state index contributed by atoms with van der Waals surface area (Å²) in [4.78, 5) is 8.08. The second-order valence-electron chi connectivity index (χ2n) is 4.94. The fourth-order valence-corrected chi connectivity index (χ4v) is 2.51. The molecule has 96 valence electrons. The third-order valence-electron chi connectivity index (χ3n) is 3.68. The van der Waals surface area contributed by atoms with Crippen LogP contribution in [0.15, 0.2) is 12.4 Å². The highest BCUT2D eigenvalue weighted by atomic mass is 16.3. The zero-order chi connectivity index (χ0) is 12.8. The Morgan fingerprint density at radius 3 is 2.67 bits per heavy atom. The second kappa shape index (κ2) is 5.78.